The summed E-state index contributed by atoms with van der Waals surface area (Å²) in [5.74, 6) is 0.875. The Morgan fingerprint density at radius 3 is 2.56 bits per heavy atom. The van der Waals surface area contributed by atoms with Crippen molar-refractivity contribution in [1.82, 2.24) is 15.5 Å². The van der Waals surface area contributed by atoms with Crippen molar-refractivity contribution >= 4 is 22.9 Å². The molecule has 2 N–H and O–H groups in total. The quantitative estimate of drug-likeness (QED) is 0.899. The lowest BCUT2D eigenvalue weighted by Gasteiger charge is -2.31. The van der Waals surface area contributed by atoms with E-state index in [1.807, 2.05) is 43.0 Å². The third kappa shape index (κ3) is 3.78. The molecule has 0 spiro atoms. The standard InChI is InChI=1S/C19H25N3O3/c1-12-16-6-4-5-7-17(16)25-18(12)13(2)20-19(24)21-15-8-10-22(11-9-15)14(3)23/h4-7,13,15H,8-11H2,1-3H3,(H2,20,21,24)/t13-/m1/s1. The zero-order valence-corrected chi connectivity index (χ0v) is 15.0. The van der Waals surface area contributed by atoms with Crippen molar-refractivity contribution in [3.63, 3.8) is 0 Å². The largest absolute Gasteiger partial charge is 0.459 e. The Morgan fingerprint density at radius 1 is 1.24 bits per heavy atom. The summed E-state index contributed by atoms with van der Waals surface area (Å²) < 4.78 is 5.91. The van der Waals surface area contributed by atoms with Crippen LogP contribution in [0.25, 0.3) is 11.0 Å². The molecule has 0 radical (unpaired) electrons. The van der Waals surface area contributed by atoms with Crippen LogP contribution in [-0.4, -0.2) is 36.0 Å². The van der Waals surface area contributed by atoms with Gasteiger partial charge in [0.05, 0.1) is 6.04 Å². The first kappa shape index (κ1) is 17.3. The number of piperidine rings is 1. The molecule has 0 saturated carbocycles. The molecule has 1 aliphatic heterocycles. The van der Waals surface area contributed by atoms with Gasteiger partial charge in [0.1, 0.15) is 11.3 Å². The number of fused-ring (bicyclic) bond motifs is 1. The molecule has 6 heteroatoms. The van der Waals surface area contributed by atoms with Gasteiger partial charge >= 0.3 is 6.03 Å². The van der Waals surface area contributed by atoms with Crippen molar-refractivity contribution < 1.29 is 14.0 Å². The van der Waals surface area contributed by atoms with Gasteiger partial charge in [0.15, 0.2) is 0 Å². The van der Waals surface area contributed by atoms with Crippen LogP contribution in [0.2, 0.25) is 0 Å². The third-order valence-corrected chi connectivity index (χ3v) is 4.90. The number of hydrogen-bond acceptors (Lipinski definition) is 3. The first-order chi connectivity index (χ1) is 12.0. The number of hydrogen-bond donors (Lipinski definition) is 2. The molecule has 0 unspecified atom stereocenters. The molecule has 3 amide bonds. The number of likely N-dealkylation sites (tertiary alicyclic amines) is 1. The number of nitrogens with zero attached hydrogens (tertiary/aromatic N) is 1. The van der Waals surface area contributed by atoms with Gasteiger partial charge in [-0.25, -0.2) is 4.79 Å². The Morgan fingerprint density at radius 2 is 1.92 bits per heavy atom. The minimum absolute atomic E-state index is 0.0943. The molecule has 134 valence electrons. The SMILES string of the molecule is CC(=O)N1CCC(NC(=O)N[C@H](C)c2oc3ccccc3c2C)CC1. The van der Waals surface area contributed by atoms with Crippen molar-refractivity contribution in [2.45, 2.75) is 45.7 Å². The van der Waals surface area contributed by atoms with E-state index in [9.17, 15) is 9.59 Å². The molecule has 3 rings (SSSR count). The number of benzene rings is 1. The lowest BCUT2D eigenvalue weighted by atomic mass is 10.1. The Bertz CT molecular complexity index is 775. The van der Waals surface area contributed by atoms with Crippen LogP contribution in [0.1, 0.15) is 44.1 Å². The van der Waals surface area contributed by atoms with Crippen LogP contribution in [0.4, 0.5) is 4.79 Å². The number of para-hydroxylation sites is 1. The Kier molecular flexibility index (Phi) is 4.97. The van der Waals surface area contributed by atoms with Gasteiger partial charge in [-0.15, -0.1) is 0 Å². The highest BCUT2D eigenvalue weighted by Gasteiger charge is 2.23. The van der Waals surface area contributed by atoms with Crippen LogP contribution in [0.15, 0.2) is 28.7 Å². The summed E-state index contributed by atoms with van der Waals surface area (Å²) >= 11 is 0. The lowest BCUT2D eigenvalue weighted by molar-refractivity contribution is -0.129. The number of amides is 3. The fourth-order valence-electron chi connectivity index (χ4n) is 3.43. The maximum atomic E-state index is 12.3. The van der Waals surface area contributed by atoms with E-state index in [0.717, 1.165) is 35.1 Å². The molecule has 1 atom stereocenters. The topological polar surface area (TPSA) is 74.6 Å². The fraction of sp³-hybridized carbons (Fsp3) is 0.474. The molecule has 6 nitrogen and oxygen atoms in total. The highest BCUT2D eigenvalue weighted by molar-refractivity contribution is 5.82. The summed E-state index contributed by atoms with van der Waals surface area (Å²) in [5.41, 5.74) is 1.89. The fourth-order valence-corrected chi connectivity index (χ4v) is 3.43. The lowest BCUT2D eigenvalue weighted by Crippen LogP contribution is -2.49. The molecule has 1 saturated heterocycles. The Labute approximate surface area is 147 Å². The summed E-state index contributed by atoms with van der Waals surface area (Å²) in [4.78, 5) is 25.5. The summed E-state index contributed by atoms with van der Waals surface area (Å²) in [7, 11) is 0. The van der Waals surface area contributed by atoms with Crippen LogP contribution in [0, 0.1) is 6.92 Å². The van der Waals surface area contributed by atoms with Gasteiger partial charge in [0, 0.05) is 37.0 Å². The van der Waals surface area contributed by atoms with Gasteiger partial charge in [-0.05, 0) is 32.8 Å². The van der Waals surface area contributed by atoms with Crippen LogP contribution in [0.3, 0.4) is 0 Å². The monoisotopic (exact) mass is 343 g/mol. The van der Waals surface area contributed by atoms with Crippen molar-refractivity contribution in [1.29, 1.82) is 0 Å². The predicted molar refractivity (Wildman–Crippen MR) is 96.3 cm³/mol. The summed E-state index contributed by atoms with van der Waals surface area (Å²) in [5, 5.41) is 7.03. The van der Waals surface area contributed by atoms with Gasteiger partial charge in [-0.3, -0.25) is 4.79 Å². The number of urea groups is 1. The van der Waals surface area contributed by atoms with Gasteiger partial charge in [0.25, 0.3) is 0 Å². The van der Waals surface area contributed by atoms with Gasteiger partial charge in [0.2, 0.25) is 5.91 Å². The first-order valence-corrected chi connectivity index (χ1v) is 8.76. The summed E-state index contributed by atoms with van der Waals surface area (Å²) in [6.45, 7) is 6.90. The van der Waals surface area contributed by atoms with E-state index in [1.54, 1.807) is 6.92 Å². The number of furan rings is 1. The number of carbonyl (C=O) groups excluding carboxylic acids is 2. The second-order valence-electron chi connectivity index (χ2n) is 6.71. The normalized spacial score (nSPS) is 16.7. The molecule has 1 fully saturated rings. The van der Waals surface area contributed by atoms with E-state index < -0.39 is 0 Å². The Hall–Kier alpha value is -2.50. The van der Waals surface area contributed by atoms with Crippen LogP contribution in [0.5, 0.6) is 0 Å². The van der Waals surface area contributed by atoms with E-state index >= 15 is 0 Å². The average molecular weight is 343 g/mol. The second-order valence-corrected chi connectivity index (χ2v) is 6.71. The Balaban J connectivity index is 1.57. The number of aryl methyl sites for hydroxylation is 1. The zero-order valence-electron chi connectivity index (χ0n) is 15.0. The highest BCUT2D eigenvalue weighted by atomic mass is 16.3. The summed E-state index contributed by atoms with van der Waals surface area (Å²) in [6.07, 6.45) is 1.57. The molecule has 0 bridgehead atoms. The minimum Gasteiger partial charge on any atom is -0.459 e. The van der Waals surface area contributed by atoms with Crippen molar-refractivity contribution in [2.75, 3.05) is 13.1 Å². The number of rotatable bonds is 3. The maximum absolute atomic E-state index is 12.3. The van der Waals surface area contributed by atoms with Gasteiger partial charge in [-0.1, -0.05) is 18.2 Å². The molecule has 1 aliphatic rings. The van der Waals surface area contributed by atoms with E-state index in [0.29, 0.717) is 13.1 Å². The average Bonchev–Trinajstić information content (AvgIpc) is 2.92. The second kappa shape index (κ2) is 7.17. The third-order valence-electron chi connectivity index (χ3n) is 4.90. The smallest absolute Gasteiger partial charge is 0.315 e. The molecule has 0 aliphatic carbocycles. The first-order valence-electron chi connectivity index (χ1n) is 8.76. The van der Waals surface area contributed by atoms with Crippen molar-refractivity contribution in [2.24, 2.45) is 0 Å². The number of nitrogens with one attached hydrogen (secondary N) is 2. The number of carbonyl (C=O) groups is 2. The van der Waals surface area contributed by atoms with Gasteiger partial charge in [-0.2, -0.15) is 0 Å². The van der Waals surface area contributed by atoms with Crippen molar-refractivity contribution in [3.05, 3.63) is 35.6 Å². The van der Waals surface area contributed by atoms with E-state index in [-0.39, 0.29) is 24.0 Å². The van der Waals surface area contributed by atoms with Crippen LogP contribution < -0.4 is 10.6 Å². The molecular weight excluding hydrogens is 318 g/mol. The van der Waals surface area contributed by atoms with Crippen LogP contribution in [-0.2, 0) is 4.79 Å². The highest BCUT2D eigenvalue weighted by Crippen LogP contribution is 2.29. The maximum Gasteiger partial charge on any atom is 0.315 e. The van der Waals surface area contributed by atoms with Gasteiger partial charge < -0.3 is 20.0 Å². The van der Waals surface area contributed by atoms with Crippen molar-refractivity contribution in [3.8, 4) is 0 Å². The van der Waals surface area contributed by atoms with Crippen LogP contribution >= 0.6 is 0 Å². The van der Waals surface area contributed by atoms with E-state index in [1.165, 1.54) is 0 Å². The predicted octanol–water partition coefficient (Wildman–Crippen LogP) is 3.11. The minimum atomic E-state index is -0.218. The van der Waals surface area contributed by atoms with E-state index in [4.69, 9.17) is 4.42 Å². The molecule has 2 aromatic rings. The molecular formula is C19H25N3O3. The molecule has 2 heterocycles. The van der Waals surface area contributed by atoms with E-state index in [2.05, 4.69) is 10.6 Å². The zero-order chi connectivity index (χ0) is 18.0. The molecule has 1 aromatic carbocycles. The molecule has 25 heavy (non-hydrogen) atoms. The molecule has 1 aromatic heterocycles. The summed E-state index contributed by atoms with van der Waals surface area (Å²) in [6, 6.07) is 7.55.